The maximum absolute atomic E-state index is 13.3. The van der Waals surface area contributed by atoms with Gasteiger partial charge in [0.25, 0.3) is 5.56 Å². The number of fused-ring (bicyclic) bond motifs is 4. The van der Waals surface area contributed by atoms with Crippen LogP contribution >= 0.6 is 0 Å². The summed E-state index contributed by atoms with van der Waals surface area (Å²) in [5.41, 5.74) is 5.90. The van der Waals surface area contributed by atoms with Gasteiger partial charge in [-0.25, -0.2) is 9.78 Å². The van der Waals surface area contributed by atoms with Crippen molar-refractivity contribution in [3.8, 4) is 22.4 Å². The van der Waals surface area contributed by atoms with Crippen LogP contribution in [0.4, 0.5) is 0 Å². The second-order valence-corrected chi connectivity index (χ2v) is 7.89. The summed E-state index contributed by atoms with van der Waals surface area (Å²) in [6, 6.07) is 13.5. The van der Waals surface area contributed by atoms with Gasteiger partial charge in [0.2, 0.25) is 0 Å². The standard InChI is InChI=1S/C24H21N3O3/c1-12-8-7-11-14(13(12)2)17-18-20(15-9-5-6-10-16(15)21(18)28)25-22-19(17)23(29)27(4)24(30)26(22)3/h5-11,21,28H,1-4H3/t21-/m1/s1. The van der Waals surface area contributed by atoms with Crippen molar-refractivity contribution in [2.75, 3.05) is 0 Å². The summed E-state index contributed by atoms with van der Waals surface area (Å²) in [6.07, 6.45) is -0.898. The van der Waals surface area contributed by atoms with Gasteiger partial charge >= 0.3 is 5.69 Å². The summed E-state index contributed by atoms with van der Waals surface area (Å²) in [4.78, 5) is 30.7. The summed E-state index contributed by atoms with van der Waals surface area (Å²) in [5, 5.41) is 11.6. The van der Waals surface area contributed by atoms with Gasteiger partial charge in [-0.3, -0.25) is 13.9 Å². The number of pyridine rings is 1. The van der Waals surface area contributed by atoms with Gasteiger partial charge in [-0.1, -0.05) is 42.5 Å². The van der Waals surface area contributed by atoms with Crippen LogP contribution in [0.15, 0.2) is 52.1 Å². The Labute approximate surface area is 172 Å². The van der Waals surface area contributed by atoms with Crippen molar-refractivity contribution in [1.29, 1.82) is 0 Å². The first kappa shape index (κ1) is 18.5. The number of rotatable bonds is 1. The van der Waals surface area contributed by atoms with Crippen molar-refractivity contribution >= 4 is 11.0 Å². The first-order valence-corrected chi connectivity index (χ1v) is 9.80. The molecule has 1 atom stereocenters. The fourth-order valence-corrected chi connectivity index (χ4v) is 4.48. The molecular weight excluding hydrogens is 378 g/mol. The molecule has 2 heterocycles. The summed E-state index contributed by atoms with van der Waals surface area (Å²) in [5.74, 6) is 0. The van der Waals surface area contributed by atoms with Crippen LogP contribution in [0.25, 0.3) is 33.4 Å². The second kappa shape index (κ2) is 6.24. The normalized spacial score (nSPS) is 14.8. The van der Waals surface area contributed by atoms with E-state index in [1.165, 1.54) is 11.6 Å². The topological polar surface area (TPSA) is 77.1 Å². The number of nitrogens with zero attached hydrogens (tertiary/aromatic N) is 3. The van der Waals surface area contributed by atoms with Crippen LogP contribution in [0.2, 0.25) is 0 Å². The molecule has 2 aromatic carbocycles. The summed E-state index contributed by atoms with van der Waals surface area (Å²) >= 11 is 0. The molecule has 0 saturated heterocycles. The van der Waals surface area contributed by atoms with Crippen molar-refractivity contribution < 1.29 is 5.11 Å². The van der Waals surface area contributed by atoms with Gasteiger partial charge in [0.15, 0.2) is 5.65 Å². The van der Waals surface area contributed by atoms with Crippen LogP contribution in [-0.4, -0.2) is 19.2 Å². The highest BCUT2D eigenvalue weighted by Crippen LogP contribution is 2.48. The predicted octanol–water partition coefficient (Wildman–Crippen LogP) is 2.98. The number of hydrogen-bond donors (Lipinski definition) is 1. The van der Waals surface area contributed by atoms with Crippen LogP contribution in [0.3, 0.4) is 0 Å². The van der Waals surface area contributed by atoms with E-state index in [-0.39, 0.29) is 0 Å². The molecule has 2 aromatic heterocycles. The lowest BCUT2D eigenvalue weighted by molar-refractivity contribution is 0.225. The minimum atomic E-state index is -0.898. The SMILES string of the molecule is Cc1cccc(-c2c3c(nc4c2c(=O)n(C)c(=O)n4C)-c2ccccc2[C@H]3O)c1C. The Balaban J connectivity index is 2.09. The Hall–Kier alpha value is -3.51. The van der Waals surface area contributed by atoms with Gasteiger partial charge in [0.1, 0.15) is 6.10 Å². The smallest absolute Gasteiger partial charge is 0.332 e. The number of benzene rings is 2. The lowest BCUT2D eigenvalue weighted by atomic mass is 9.90. The molecule has 6 nitrogen and oxygen atoms in total. The molecule has 0 bridgehead atoms. The van der Waals surface area contributed by atoms with Gasteiger partial charge in [-0.2, -0.15) is 0 Å². The fraction of sp³-hybridized carbons (Fsp3) is 0.208. The number of aryl methyl sites for hydroxylation is 2. The zero-order chi connectivity index (χ0) is 21.3. The fourth-order valence-electron chi connectivity index (χ4n) is 4.48. The lowest BCUT2D eigenvalue weighted by Crippen LogP contribution is -2.37. The van der Waals surface area contributed by atoms with Crippen molar-refractivity contribution in [3.63, 3.8) is 0 Å². The van der Waals surface area contributed by atoms with E-state index in [1.807, 2.05) is 56.3 Å². The molecule has 5 rings (SSSR count). The maximum atomic E-state index is 13.3. The highest BCUT2D eigenvalue weighted by Gasteiger charge is 2.34. The highest BCUT2D eigenvalue weighted by atomic mass is 16.3. The molecule has 0 amide bonds. The summed E-state index contributed by atoms with van der Waals surface area (Å²) in [7, 11) is 3.09. The van der Waals surface area contributed by atoms with Gasteiger partial charge < -0.3 is 5.11 Å². The van der Waals surface area contributed by atoms with Crippen LogP contribution in [0.1, 0.15) is 28.4 Å². The second-order valence-electron chi connectivity index (χ2n) is 7.89. The lowest BCUT2D eigenvalue weighted by Gasteiger charge is -2.19. The zero-order valence-corrected chi connectivity index (χ0v) is 17.2. The third-order valence-electron chi connectivity index (χ3n) is 6.28. The Bertz CT molecular complexity index is 1490. The first-order chi connectivity index (χ1) is 14.3. The van der Waals surface area contributed by atoms with Gasteiger partial charge in [-0.15, -0.1) is 0 Å². The average Bonchev–Trinajstić information content (AvgIpc) is 3.04. The van der Waals surface area contributed by atoms with Crippen molar-refractivity contribution in [1.82, 2.24) is 14.1 Å². The van der Waals surface area contributed by atoms with E-state index in [0.717, 1.165) is 32.4 Å². The molecule has 150 valence electrons. The van der Waals surface area contributed by atoms with Gasteiger partial charge in [0.05, 0.1) is 11.1 Å². The molecule has 0 aliphatic heterocycles. The molecule has 1 N–H and O–H groups in total. The summed E-state index contributed by atoms with van der Waals surface area (Å²) in [6.45, 7) is 4.02. The van der Waals surface area contributed by atoms with Gasteiger partial charge in [0, 0.05) is 30.8 Å². The number of aliphatic hydroxyl groups excluding tert-OH is 1. The minimum Gasteiger partial charge on any atom is -0.384 e. The van der Waals surface area contributed by atoms with Crippen LogP contribution < -0.4 is 11.2 Å². The Morgan fingerprint density at radius 1 is 0.933 bits per heavy atom. The highest BCUT2D eigenvalue weighted by molar-refractivity contribution is 6.00. The van der Waals surface area contributed by atoms with E-state index >= 15 is 0 Å². The summed E-state index contributed by atoms with van der Waals surface area (Å²) < 4.78 is 2.50. The van der Waals surface area contributed by atoms with E-state index in [9.17, 15) is 14.7 Å². The van der Waals surface area contributed by atoms with E-state index in [4.69, 9.17) is 4.98 Å². The average molecular weight is 399 g/mol. The quantitative estimate of drug-likeness (QED) is 0.534. The number of hydrogen-bond acceptors (Lipinski definition) is 4. The monoisotopic (exact) mass is 399 g/mol. The minimum absolute atomic E-state index is 0.321. The molecule has 0 saturated carbocycles. The molecule has 6 heteroatoms. The first-order valence-electron chi connectivity index (χ1n) is 9.80. The Kier molecular flexibility index (Phi) is 3.85. The molecule has 0 radical (unpaired) electrons. The van der Waals surface area contributed by atoms with Gasteiger partial charge in [-0.05, 0) is 36.1 Å². The van der Waals surface area contributed by atoms with E-state index in [2.05, 4.69) is 0 Å². The predicted molar refractivity (Wildman–Crippen MR) is 117 cm³/mol. The van der Waals surface area contributed by atoms with Crippen molar-refractivity contribution in [3.05, 3.63) is 85.6 Å². The molecule has 0 unspecified atom stereocenters. The molecule has 1 aliphatic rings. The van der Waals surface area contributed by atoms with E-state index < -0.39 is 17.4 Å². The maximum Gasteiger partial charge on any atom is 0.332 e. The van der Waals surface area contributed by atoms with Crippen LogP contribution in [0, 0.1) is 13.8 Å². The number of aliphatic hydroxyl groups is 1. The molecule has 4 aromatic rings. The molecule has 0 spiro atoms. The van der Waals surface area contributed by atoms with Crippen molar-refractivity contribution in [2.24, 2.45) is 14.1 Å². The largest absolute Gasteiger partial charge is 0.384 e. The molecule has 0 fully saturated rings. The third-order valence-corrected chi connectivity index (χ3v) is 6.28. The third kappa shape index (κ3) is 2.25. The van der Waals surface area contributed by atoms with E-state index in [0.29, 0.717) is 27.9 Å². The molecule has 30 heavy (non-hydrogen) atoms. The Morgan fingerprint density at radius 2 is 1.63 bits per heavy atom. The molecular formula is C24H21N3O3. The van der Waals surface area contributed by atoms with Crippen LogP contribution in [-0.2, 0) is 14.1 Å². The zero-order valence-electron chi connectivity index (χ0n) is 17.2. The Morgan fingerprint density at radius 3 is 2.40 bits per heavy atom. The number of aromatic nitrogens is 3. The van der Waals surface area contributed by atoms with E-state index in [1.54, 1.807) is 7.05 Å². The molecule has 1 aliphatic carbocycles. The van der Waals surface area contributed by atoms with Crippen molar-refractivity contribution in [2.45, 2.75) is 20.0 Å². The van der Waals surface area contributed by atoms with Crippen LogP contribution in [0.5, 0.6) is 0 Å².